The maximum Gasteiger partial charge on any atom is 0.170 e. The molecule has 0 aromatic carbocycles. The summed E-state index contributed by atoms with van der Waals surface area (Å²) in [5.74, 6) is 1.01. The molecule has 1 aliphatic rings. The predicted molar refractivity (Wildman–Crippen MR) is 72.6 cm³/mol. The number of nitrogens with zero attached hydrogens (tertiary/aromatic N) is 3. The third kappa shape index (κ3) is 2.10. The van der Waals surface area contributed by atoms with E-state index in [0.29, 0.717) is 5.69 Å². The van der Waals surface area contributed by atoms with E-state index in [1.807, 2.05) is 28.8 Å². The Morgan fingerprint density at radius 1 is 1.47 bits per heavy atom. The Morgan fingerprint density at radius 3 is 3.16 bits per heavy atom. The Morgan fingerprint density at radius 2 is 2.37 bits per heavy atom. The number of piperidine rings is 1. The minimum atomic E-state index is 0.195. The lowest BCUT2D eigenvalue weighted by molar-refractivity contribution is 0.111. The largest absolute Gasteiger partial charge is 0.396 e. The summed E-state index contributed by atoms with van der Waals surface area (Å²) in [5.41, 5.74) is 1.37. The average molecular weight is 259 g/mol. The van der Waals surface area contributed by atoms with Crippen LogP contribution in [0.2, 0.25) is 0 Å². The van der Waals surface area contributed by atoms with Crippen LogP contribution in [-0.2, 0) is 0 Å². The van der Waals surface area contributed by atoms with E-state index in [4.69, 9.17) is 0 Å². The third-order valence-electron chi connectivity index (χ3n) is 3.74. The van der Waals surface area contributed by atoms with E-state index in [9.17, 15) is 9.90 Å². The van der Waals surface area contributed by atoms with Gasteiger partial charge in [0, 0.05) is 25.9 Å². The number of anilines is 1. The van der Waals surface area contributed by atoms with Crippen LogP contribution in [0.25, 0.3) is 5.65 Å². The molecule has 5 nitrogen and oxygen atoms in total. The SMILES string of the molecule is O=Cc1c(N2CCCC(CO)C2)nc2ccccn12. The molecule has 1 atom stereocenters. The van der Waals surface area contributed by atoms with Crippen molar-refractivity contribution in [3.8, 4) is 0 Å². The molecule has 0 amide bonds. The molecule has 3 heterocycles. The van der Waals surface area contributed by atoms with Gasteiger partial charge in [-0.15, -0.1) is 0 Å². The quantitative estimate of drug-likeness (QED) is 0.845. The van der Waals surface area contributed by atoms with Crippen molar-refractivity contribution in [3.05, 3.63) is 30.1 Å². The number of aldehydes is 1. The average Bonchev–Trinajstić information content (AvgIpc) is 2.86. The molecular weight excluding hydrogens is 242 g/mol. The lowest BCUT2D eigenvalue weighted by Gasteiger charge is -2.32. The summed E-state index contributed by atoms with van der Waals surface area (Å²) in [6.45, 7) is 1.85. The fourth-order valence-corrected chi connectivity index (χ4v) is 2.75. The second-order valence-electron chi connectivity index (χ2n) is 5.00. The lowest BCUT2D eigenvalue weighted by Crippen LogP contribution is -2.37. The number of hydrogen-bond donors (Lipinski definition) is 1. The predicted octanol–water partition coefficient (Wildman–Crippen LogP) is 1.36. The van der Waals surface area contributed by atoms with Crippen LogP contribution in [-0.4, -0.2) is 40.5 Å². The Hall–Kier alpha value is -1.88. The van der Waals surface area contributed by atoms with Crippen LogP contribution in [0.5, 0.6) is 0 Å². The number of carbonyl (C=O) groups excluding carboxylic acids is 1. The Bertz CT molecular complexity index is 593. The van der Waals surface area contributed by atoms with Gasteiger partial charge in [0.2, 0.25) is 0 Å². The second-order valence-corrected chi connectivity index (χ2v) is 5.00. The van der Waals surface area contributed by atoms with E-state index in [0.717, 1.165) is 43.7 Å². The molecule has 0 saturated carbocycles. The second kappa shape index (κ2) is 5.01. The molecule has 2 aromatic heterocycles. The summed E-state index contributed by atoms with van der Waals surface area (Å²) in [5, 5.41) is 9.30. The van der Waals surface area contributed by atoms with Crippen molar-refractivity contribution in [1.82, 2.24) is 9.38 Å². The zero-order chi connectivity index (χ0) is 13.2. The molecule has 1 unspecified atom stereocenters. The van der Waals surface area contributed by atoms with Crippen LogP contribution in [0.1, 0.15) is 23.3 Å². The number of fused-ring (bicyclic) bond motifs is 1. The first kappa shape index (κ1) is 12.2. The van der Waals surface area contributed by atoms with Gasteiger partial charge in [0.1, 0.15) is 11.3 Å². The smallest absolute Gasteiger partial charge is 0.170 e. The van der Waals surface area contributed by atoms with E-state index in [1.54, 1.807) is 0 Å². The van der Waals surface area contributed by atoms with Gasteiger partial charge in [-0.3, -0.25) is 9.20 Å². The first-order valence-corrected chi connectivity index (χ1v) is 6.61. The number of aromatic nitrogens is 2. The first-order valence-electron chi connectivity index (χ1n) is 6.61. The van der Waals surface area contributed by atoms with E-state index in [-0.39, 0.29) is 12.5 Å². The van der Waals surface area contributed by atoms with Gasteiger partial charge in [-0.25, -0.2) is 4.98 Å². The van der Waals surface area contributed by atoms with Gasteiger partial charge in [-0.1, -0.05) is 6.07 Å². The Balaban J connectivity index is 2.01. The van der Waals surface area contributed by atoms with Gasteiger partial charge in [0.15, 0.2) is 12.1 Å². The molecule has 3 rings (SSSR count). The molecule has 5 heteroatoms. The maximum atomic E-state index is 11.4. The summed E-state index contributed by atoms with van der Waals surface area (Å²) in [6, 6.07) is 5.69. The number of aliphatic hydroxyl groups is 1. The van der Waals surface area contributed by atoms with E-state index >= 15 is 0 Å². The van der Waals surface area contributed by atoms with Gasteiger partial charge in [0.25, 0.3) is 0 Å². The molecule has 1 aliphatic heterocycles. The van der Waals surface area contributed by atoms with Gasteiger partial charge >= 0.3 is 0 Å². The zero-order valence-electron chi connectivity index (χ0n) is 10.7. The molecule has 2 aromatic rings. The number of carbonyl (C=O) groups is 1. The number of rotatable bonds is 3. The molecule has 0 radical (unpaired) electrons. The summed E-state index contributed by atoms with van der Waals surface area (Å²) in [4.78, 5) is 18.0. The van der Waals surface area contributed by atoms with Crippen molar-refractivity contribution < 1.29 is 9.90 Å². The van der Waals surface area contributed by atoms with Crippen LogP contribution in [0, 0.1) is 5.92 Å². The number of aliphatic hydroxyl groups excluding tert-OH is 1. The monoisotopic (exact) mass is 259 g/mol. The van der Waals surface area contributed by atoms with E-state index < -0.39 is 0 Å². The number of pyridine rings is 1. The van der Waals surface area contributed by atoms with E-state index in [1.165, 1.54) is 0 Å². The molecule has 19 heavy (non-hydrogen) atoms. The molecule has 1 fully saturated rings. The van der Waals surface area contributed by atoms with Crippen LogP contribution < -0.4 is 4.90 Å². The molecule has 1 N–H and O–H groups in total. The van der Waals surface area contributed by atoms with Gasteiger partial charge < -0.3 is 10.0 Å². The molecule has 0 spiro atoms. The van der Waals surface area contributed by atoms with Crippen molar-refractivity contribution in [3.63, 3.8) is 0 Å². The minimum absolute atomic E-state index is 0.195. The highest BCUT2D eigenvalue weighted by Gasteiger charge is 2.24. The van der Waals surface area contributed by atoms with Gasteiger partial charge in [0.05, 0.1) is 0 Å². The summed E-state index contributed by atoms with van der Waals surface area (Å²) in [7, 11) is 0. The van der Waals surface area contributed by atoms with Crippen molar-refractivity contribution in [2.75, 3.05) is 24.6 Å². The Kier molecular flexibility index (Phi) is 3.21. The molecule has 0 aliphatic carbocycles. The zero-order valence-corrected chi connectivity index (χ0v) is 10.7. The van der Waals surface area contributed by atoms with Crippen LogP contribution >= 0.6 is 0 Å². The maximum absolute atomic E-state index is 11.4. The van der Waals surface area contributed by atoms with Crippen LogP contribution in [0.15, 0.2) is 24.4 Å². The topological polar surface area (TPSA) is 57.8 Å². The first-order chi connectivity index (χ1) is 9.33. The van der Waals surface area contributed by atoms with Gasteiger partial charge in [-0.05, 0) is 30.9 Å². The van der Waals surface area contributed by atoms with E-state index in [2.05, 4.69) is 9.88 Å². The highest BCUT2D eigenvalue weighted by molar-refractivity contribution is 5.83. The fourth-order valence-electron chi connectivity index (χ4n) is 2.75. The summed E-state index contributed by atoms with van der Waals surface area (Å²) in [6.07, 6.45) is 4.77. The highest BCUT2D eigenvalue weighted by atomic mass is 16.3. The van der Waals surface area contributed by atoms with Crippen molar-refractivity contribution >= 4 is 17.8 Å². The normalized spacial score (nSPS) is 19.8. The standard InChI is InChI=1S/C14H17N3O2/c18-9-11-4-3-6-16(8-11)14-12(10-19)17-7-2-1-5-13(17)15-14/h1-2,5,7,10-11,18H,3-4,6,8-9H2. The number of hydrogen-bond acceptors (Lipinski definition) is 4. The lowest BCUT2D eigenvalue weighted by atomic mass is 9.99. The minimum Gasteiger partial charge on any atom is -0.396 e. The molecular formula is C14H17N3O2. The van der Waals surface area contributed by atoms with Crippen molar-refractivity contribution in [2.45, 2.75) is 12.8 Å². The highest BCUT2D eigenvalue weighted by Crippen LogP contribution is 2.25. The van der Waals surface area contributed by atoms with Crippen LogP contribution in [0.3, 0.4) is 0 Å². The van der Waals surface area contributed by atoms with Crippen molar-refractivity contribution in [2.24, 2.45) is 5.92 Å². The third-order valence-corrected chi connectivity index (χ3v) is 3.74. The molecule has 0 bridgehead atoms. The summed E-state index contributed by atoms with van der Waals surface area (Å²) < 4.78 is 1.81. The molecule has 100 valence electrons. The van der Waals surface area contributed by atoms with Gasteiger partial charge in [-0.2, -0.15) is 0 Å². The molecule has 1 saturated heterocycles. The van der Waals surface area contributed by atoms with Crippen molar-refractivity contribution in [1.29, 1.82) is 0 Å². The van der Waals surface area contributed by atoms with Crippen LogP contribution in [0.4, 0.5) is 5.82 Å². The Labute approximate surface area is 111 Å². The summed E-state index contributed by atoms with van der Waals surface area (Å²) >= 11 is 0. The fraction of sp³-hybridized carbons (Fsp3) is 0.429. The number of imidazole rings is 1.